The lowest BCUT2D eigenvalue weighted by molar-refractivity contribution is -0.349. The number of rotatable bonds is 4. The van der Waals surface area contributed by atoms with Crippen LogP contribution in [0.25, 0.3) is 6.08 Å². The number of phenols is 1. The standard InChI is InChI=1S/C20H22N2O2/c1-20(2,3)16-10-11-19(23)18(14-16)21-12-6-8-15-7-5-9-17(13-15)22(4)24/h5-14,23H,4H2,1-3H3/b8-6+,21-12+. The molecule has 0 radical (unpaired) electrons. The summed E-state index contributed by atoms with van der Waals surface area (Å²) in [5, 5.41) is 21.1. The molecule has 124 valence electrons. The van der Waals surface area contributed by atoms with E-state index >= 15 is 0 Å². The Bertz CT molecular complexity index is 800. The highest BCUT2D eigenvalue weighted by molar-refractivity contribution is 5.81. The van der Waals surface area contributed by atoms with Gasteiger partial charge < -0.3 is 10.3 Å². The van der Waals surface area contributed by atoms with Crippen LogP contribution in [0.5, 0.6) is 5.75 Å². The van der Waals surface area contributed by atoms with Crippen molar-refractivity contribution in [1.82, 2.24) is 0 Å². The van der Waals surface area contributed by atoms with Crippen LogP contribution in [0.1, 0.15) is 31.9 Å². The molecule has 24 heavy (non-hydrogen) atoms. The molecule has 0 aliphatic heterocycles. The number of hydrogen-bond acceptors (Lipinski definition) is 3. The fourth-order valence-electron chi connectivity index (χ4n) is 2.15. The summed E-state index contributed by atoms with van der Waals surface area (Å²) in [4.78, 5) is 4.31. The lowest BCUT2D eigenvalue weighted by Gasteiger charge is -2.19. The van der Waals surface area contributed by atoms with Crippen molar-refractivity contribution in [2.45, 2.75) is 26.2 Å². The minimum absolute atomic E-state index is 0.00730. The molecule has 0 saturated heterocycles. The molecule has 2 rings (SSSR count). The lowest BCUT2D eigenvalue weighted by Crippen LogP contribution is -2.10. The molecule has 0 saturated carbocycles. The van der Waals surface area contributed by atoms with Gasteiger partial charge in [0.25, 0.3) is 0 Å². The molecule has 0 amide bonds. The smallest absolute Gasteiger partial charge is 0.216 e. The second-order valence-corrected chi connectivity index (χ2v) is 6.56. The summed E-state index contributed by atoms with van der Waals surface area (Å²) in [6.07, 6.45) is 5.22. The first-order valence-electron chi connectivity index (χ1n) is 7.69. The number of benzene rings is 2. The van der Waals surface area contributed by atoms with Crippen LogP contribution >= 0.6 is 0 Å². The van der Waals surface area contributed by atoms with Crippen LogP contribution in [0.4, 0.5) is 11.4 Å². The summed E-state index contributed by atoms with van der Waals surface area (Å²) in [5.41, 5.74) is 2.99. The molecule has 0 aromatic heterocycles. The van der Waals surface area contributed by atoms with Gasteiger partial charge in [-0.2, -0.15) is 4.74 Å². The highest BCUT2D eigenvalue weighted by Crippen LogP contribution is 2.32. The number of phenolic OH excluding ortho intramolecular Hbond substituents is 1. The molecule has 0 unspecified atom stereocenters. The second kappa shape index (κ2) is 7.13. The van der Waals surface area contributed by atoms with E-state index < -0.39 is 0 Å². The Hall–Kier alpha value is -2.88. The molecule has 0 bridgehead atoms. The molecule has 4 heteroatoms. The van der Waals surface area contributed by atoms with E-state index in [-0.39, 0.29) is 11.2 Å². The van der Waals surface area contributed by atoms with Crippen molar-refractivity contribution in [3.63, 3.8) is 0 Å². The first-order chi connectivity index (χ1) is 11.3. The van der Waals surface area contributed by atoms with Gasteiger partial charge in [-0.15, -0.1) is 0 Å². The molecule has 4 nitrogen and oxygen atoms in total. The maximum absolute atomic E-state index is 11.2. The van der Waals surface area contributed by atoms with E-state index in [9.17, 15) is 10.3 Å². The zero-order chi connectivity index (χ0) is 17.7. The average Bonchev–Trinajstić information content (AvgIpc) is 2.52. The van der Waals surface area contributed by atoms with Crippen molar-refractivity contribution < 1.29 is 9.85 Å². The van der Waals surface area contributed by atoms with Crippen molar-refractivity contribution >= 4 is 30.4 Å². The summed E-state index contributed by atoms with van der Waals surface area (Å²) in [6.45, 7) is 9.66. The average molecular weight is 322 g/mol. The maximum Gasteiger partial charge on any atom is 0.216 e. The summed E-state index contributed by atoms with van der Waals surface area (Å²) < 4.78 is 0.571. The monoisotopic (exact) mass is 322 g/mol. The molecular weight excluding hydrogens is 300 g/mol. The highest BCUT2D eigenvalue weighted by Gasteiger charge is 2.14. The third-order valence-electron chi connectivity index (χ3n) is 3.59. The summed E-state index contributed by atoms with van der Waals surface area (Å²) >= 11 is 0. The highest BCUT2D eigenvalue weighted by atomic mass is 16.5. The molecule has 0 spiro atoms. The van der Waals surface area contributed by atoms with E-state index in [1.54, 1.807) is 36.6 Å². The van der Waals surface area contributed by atoms with E-state index in [1.165, 1.54) is 0 Å². The number of aliphatic imine (C=N–C) groups is 1. The van der Waals surface area contributed by atoms with Crippen LogP contribution < -0.4 is 0 Å². The van der Waals surface area contributed by atoms with Gasteiger partial charge in [0, 0.05) is 18.3 Å². The molecule has 0 heterocycles. The molecule has 1 N–H and O–H groups in total. The molecule has 2 aromatic rings. The maximum atomic E-state index is 11.2. The Morgan fingerprint density at radius 2 is 1.92 bits per heavy atom. The van der Waals surface area contributed by atoms with Gasteiger partial charge in [0.05, 0.1) is 0 Å². The first kappa shape index (κ1) is 17.5. The molecule has 2 aromatic carbocycles. The van der Waals surface area contributed by atoms with Crippen LogP contribution in [-0.2, 0) is 5.41 Å². The Kier molecular flexibility index (Phi) is 5.19. The largest absolute Gasteiger partial charge is 0.619 e. The van der Waals surface area contributed by atoms with Crippen LogP contribution in [0, 0.1) is 5.21 Å². The van der Waals surface area contributed by atoms with Crippen molar-refractivity contribution in [2.75, 3.05) is 0 Å². The second-order valence-electron chi connectivity index (χ2n) is 6.56. The topological polar surface area (TPSA) is 58.7 Å². The summed E-state index contributed by atoms with van der Waals surface area (Å²) in [7, 11) is 0. The van der Waals surface area contributed by atoms with E-state index in [4.69, 9.17) is 0 Å². The predicted octanol–water partition coefficient (Wildman–Crippen LogP) is 4.95. The van der Waals surface area contributed by atoms with Gasteiger partial charge in [-0.1, -0.05) is 45.0 Å². The third kappa shape index (κ3) is 4.56. The Labute approximate surface area is 142 Å². The Morgan fingerprint density at radius 3 is 2.58 bits per heavy atom. The number of hydrogen-bond donors (Lipinski definition) is 1. The Morgan fingerprint density at radius 1 is 1.17 bits per heavy atom. The number of nitrogens with zero attached hydrogens (tertiary/aromatic N) is 2. The summed E-state index contributed by atoms with van der Waals surface area (Å²) in [5.74, 6) is 0.147. The van der Waals surface area contributed by atoms with E-state index in [1.807, 2.05) is 24.3 Å². The van der Waals surface area contributed by atoms with Crippen molar-refractivity contribution in [3.8, 4) is 5.75 Å². The van der Waals surface area contributed by atoms with Crippen LogP contribution in [0.15, 0.2) is 53.5 Å². The minimum Gasteiger partial charge on any atom is -0.619 e. The quantitative estimate of drug-likeness (QED) is 0.375. The molecule has 0 aliphatic carbocycles. The first-order valence-corrected chi connectivity index (χ1v) is 7.69. The van der Waals surface area contributed by atoms with E-state index in [2.05, 4.69) is 32.5 Å². The molecule has 0 atom stereocenters. The van der Waals surface area contributed by atoms with Crippen molar-refractivity contribution in [3.05, 3.63) is 64.9 Å². The zero-order valence-corrected chi connectivity index (χ0v) is 14.2. The van der Waals surface area contributed by atoms with E-state index in [0.717, 1.165) is 11.1 Å². The summed E-state index contributed by atoms with van der Waals surface area (Å²) in [6, 6.07) is 12.6. The van der Waals surface area contributed by atoms with Crippen LogP contribution in [0.3, 0.4) is 0 Å². The van der Waals surface area contributed by atoms with Gasteiger partial charge in [-0.25, -0.2) is 0 Å². The van der Waals surface area contributed by atoms with Crippen molar-refractivity contribution in [2.24, 2.45) is 4.99 Å². The molecule has 0 fully saturated rings. The van der Waals surface area contributed by atoms with Gasteiger partial charge in [0.2, 0.25) is 5.69 Å². The van der Waals surface area contributed by atoms with Gasteiger partial charge in [-0.05, 0) is 34.8 Å². The number of aromatic hydroxyl groups is 1. The Balaban J connectivity index is 2.17. The van der Waals surface area contributed by atoms with E-state index in [0.29, 0.717) is 16.1 Å². The third-order valence-corrected chi connectivity index (χ3v) is 3.59. The lowest BCUT2D eigenvalue weighted by atomic mass is 9.87. The SMILES string of the molecule is C=[N+]([O-])c1cccc(/C=C/C=N/c2cc(C(C)(C)C)ccc2O)c1. The van der Waals surface area contributed by atoms with Crippen LogP contribution in [0.2, 0.25) is 0 Å². The van der Waals surface area contributed by atoms with Gasteiger partial charge >= 0.3 is 0 Å². The minimum atomic E-state index is -0.00730. The normalized spacial score (nSPS) is 12.1. The van der Waals surface area contributed by atoms with Gasteiger partial charge in [0.15, 0.2) is 0 Å². The fraction of sp³-hybridized carbons (Fsp3) is 0.200. The number of allylic oxidation sites excluding steroid dienone is 1. The van der Waals surface area contributed by atoms with Gasteiger partial charge in [-0.3, -0.25) is 4.99 Å². The van der Waals surface area contributed by atoms with Crippen molar-refractivity contribution in [1.29, 1.82) is 0 Å². The fourth-order valence-corrected chi connectivity index (χ4v) is 2.15. The van der Waals surface area contributed by atoms with Gasteiger partial charge in [0.1, 0.15) is 18.2 Å². The predicted molar refractivity (Wildman–Crippen MR) is 101 cm³/mol. The molecular formula is C20H22N2O2. The van der Waals surface area contributed by atoms with Crippen LogP contribution in [-0.4, -0.2) is 22.8 Å². The molecule has 0 aliphatic rings. The zero-order valence-electron chi connectivity index (χ0n) is 14.2.